The minimum atomic E-state index is 0.0763. The van der Waals surface area contributed by atoms with Gasteiger partial charge in [0, 0.05) is 40.8 Å². The summed E-state index contributed by atoms with van der Waals surface area (Å²) in [6, 6.07) is 0. The van der Waals surface area contributed by atoms with Gasteiger partial charge in [0.2, 0.25) is 0 Å². The van der Waals surface area contributed by atoms with E-state index in [1.54, 1.807) is 26.2 Å². The van der Waals surface area contributed by atoms with E-state index in [0.717, 1.165) is 37.3 Å². The molecular weight excluding hydrogens is 332 g/mol. The van der Waals surface area contributed by atoms with Crippen LogP contribution in [0.25, 0.3) is 0 Å². The van der Waals surface area contributed by atoms with Gasteiger partial charge in [-0.1, -0.05) is 13.8 Å². The molecule has 0 spiro atoms. The average Bonchev–Trinajstić information content (AvgIpc) is 3.15. The molecule has 0 aromatic carbocycles. The van der Waals surface area contributed by atoms with E-state index in [4.69, 9.17) is 0 Å². The summed E-state index contributed by atoms with van der Waals surface area (Å²) in [4.78, 5) is 30.4. The number of nitrogens with zero attached hydrogens (tertiary/aromatic N) is 4. The van der Waals surface area contributed by atoms with Gasteiger partial charge in [0.05, 0.1) is 12.4 Å². The molecule has 26 heavy (non-hydrogen) atoms. The average molecular weight is 364 g/mol. The summed E-state index contributed by atoms with van der Waals surface area (Å²) in [5.41, 5.74) is 1.39. The molecule has 0 aliphatic rings. The summed E-state index contributed by atoms with van der Waals surface area (Å²) in [7, 11) is 3.77. The van der Waals surface area contributed by atoms with Gasteiger partial charge in [0.25, 0.3) is 0 Å². The van der Waals surface area contributed by atoms with Gasteiger partial charge in [-0.15, -0.1) is 0 Å². The first kappa shape index (κ1) is 23.7. The van der Waals surface area contributed by atoms with Gasteiger partial charge < -0.3 is 9.13 Å². The Morgan fingerprint density at radius 3 is 1.35 bits per heavy atom. The fourth-order valence-electron chi connectivity index (χ4n) is 2.46. The van der Waals surface area contributed by atoms with E-state index in [1.165, 1.54) is 0 Å². The maximum Gasteiger partial charge on any atom is 0.177 e. The third-order valence-electron chi connectivity index (χ3n) is 3.84. The third kappa shape index (κ3) is 6.53. The van der Waals surface area contributed by atoms with E-state index in [-0.39, 0.29) is 11.6 Å². The molecule has 2 aromatic rings. The van der Waals surface area contributed by atoms with Crippen molar-refractivity contribution < 1.29 is 9.59 Å². The number of carbonyl (C=O) groups excluding carboxylic acids is 2. The molecule has 0 amide bonds. The van der Waals surface area contributed by atoms with Crippen molar-refractivity contribution in [1.82, 2.24) is 19.1 Å². The van der Waals surface area contributed by atoms with Crippen molar-refractivity contribution >= 4 is 11.6 Å². The molecule has 0 saturated heterocycles. The van der Waals surface area contributed by atoms with Gasteiger partial charge in [-0.05, 0) is 12.8 Å². The third-order valence-corrected chi connectivity index (χ3v) is 3.84. The highest BCUT2D eigenvalue weighted by Gasteiger charge is 2.09. The van der Waals surface area contributed by atoms with Crippen molar-refractivity contribution in [3.63, 3.8) is 0 Å². The fraction of sp³-hybridized carbons (Fsp3) is 0.556. The number of hydrazine groups is 1. The second-order valence-corrected chi connectivity index (χ2v) is 5.85. The summed E-state index contributed by atoms with van der Waals surface area (Å²) in [5, 5.41) is 0. The summed E-state index contributed by atoms with van der Waals surface area (Å²) in [5.74, 6) is 10.1. The Bertz CT molecular complexity index is 642. The molecule has 8 nitrogen and oxygen atoms in total. The highest BCUT2D eigenvalue weighted by atomic mass is 16.1. The number of Topliss-reactive ketones (excluding diaryl/α,β-unsaturated/α-hetero) is 2. The molecule has 8 heteroatoms. The van der Waals surface area contributed by atoms with Crippen LogP contribution in [-0.2, 0) is 26.9 Å². The Morgan fingerprint density at radius 2 is 1.15 bits per heavy atom. The normalized spacial score (nSPS) is 9.69. The number of imidazole rings is 2. The van der Waals surface area contributed by atoms with E-state index in [2.05, 4.69) is 35.5 Å². The Labute approximate surface area is 155 Å². The van der Waals surface area contributed by atoms with E-state index in [0.29, 0.717) is 11.4 Å². The zero-order chi connectivity index (χ0) is 20.3. The molecule has 0 atom stereocenters. The van der Waals surface area contributed by atoms with Crippen LogP contribution < -0.4 is 11.7 Å². The zero-order valence-electron chi connectivity index (χ0n) is 16.7. The molecule has 2 rings (SSSR count). The van der Waals surface area contributed by atoms with Crippen LogP contribution in [0.1, 0.15) is 73.2 Å². The van der Waals surface area contributed by atoms with Crippen molar-refractivity contribution in [2.75, 3.05) is 0 Å². The molecule has 0 fully saturated rings. The van der Waals surface area contributed by atoms with Crippen LogP contribution in [0.4, 0.5) is 0 Å². The first-order chi connectivity index (χ1) is 12.3. The van der Waals surface area contributed by atoms with Crippen LogP contribution in [0, 0.1) is 0 Å². The Morgan fingerprint density at radius 1 is 0.846 bits per heavy atom. The number of hydrogen-bond acceptors (Lipinski definition) is 6. The molecule has 146 valence electrons. The number of carbonyl (C=O) groups is 2. The highest BCUT2D eigenvalue weighted by molar-refractivity contribution is 5.92. The Kier molecular flexibility index (Phi) is 11.0. The summed E-state index contributed by atoms with van der Waals surface area (Å²) >= 11 is 0. The monoisotopic (exact) mass is 364 g/mol. The Hall–Kier alpha value is -2.32. The molecular formula is C18H32N6O2. The fourth-order valence-corrected chi connectivity index (χ4v) is 2.46. The predicted molar refractivity (Wildman–Crippen MR) is 103 cm³/mol. The number of aromatic nitrogens is 4. The zero-order valence-corrected chi connectivity index (χ0v) is 16.7. The number of aryl methyl sites for hydroxylation is 2. The van der Waals surface area contributed by atoms with E-state index < -0.39 is 0 Å². The summed E-state index contributed by atoms with van der Waals surface area (Å²) in [6.45, 7) is 7.32. The molecule has 0 aliphatic carbocycles. The Balaban J connectivity index is 0.000000439. The maximum atomic E-state index is 11.0. The van der Waals surface area contributed by atoms with Crippen molar-refractivity contribution in [3.05, 3.63) is 35.4 Å². The van der Waals surface area contributed by atoms with Gasteiger partial charge >= 0.3 is 0 Å². The molecule has 0 radical (unpaired) electrons. The lowest BCUT2D eigenvalue weighted by Gasteiger charge is -2.01. The predicted octanol–water partition coefficient (Wildman–Crippen LogP) is 1.97. The SMILES string of the molecule is CCCc1ncc(C(C)=O)n1C.CCCc1ncc(C(C)=O)n1C.NN. The van der Waals surface area contributed by atoms with Gasteiger partial charge in [0.1, 0.15) is 23.0 Å². The number of hydrogen-bond donors (Lipinski definition) is 2. The van der Waals surface area contributed by atoms with Crippen LogP contribution >= 0.6 is 0 Å². The molecule has 0 aliphatic heterocycles. The quantitative estimate of drug-likeness (QED) is 0.459. The molecule has 2 aromatic heterocycles. The van der Waals surface area contributed by atoms with Gasteiger partial charge in [-0.3, -0.25) is 21.3 Å². The lowest BCUT2D eigenvalue weighted by molar-refractivity contribution is 0.0997. The van der Waals surface area contributed by atoms with Gasteiger partial charge in [0.15, 0.2) is 11.6 Å². The number of nitrogens with two attached hydrogens (primary N) is 2. The van der Waals surface area contributed by atoms with Crippen molar-refractivity contribution in [3.8, 4) is 0 Å². The van der Waals surface area contributed by atoms with Gasteiger partial charge in [-0.2, -0.15) is 0 Å². The minimum Gasteiger partial charge on any atom is -0.329 e. The second-order valence-electron chi connectivity index (χ2n) is 5.85. The maximum absolute atomic E-state index is 11.0. The first-order valence-electron chi connectivity index (χ1n) is 8.69. The van der Waals surface area contributed by atoms with E-state index in [1.807, 2.05) is 23.2 Å². The minimum absolute atomic E-state index is 0.0763. The smallest absolute Gasteiger partial charge is 0.177 e. The van der Waals surface area contributed by atoms with Crippen LogP contribution in [0.5, 0.6) is 0 Å². The molecule has 0 unspecified atom stereocenters. The summed E-state index contributed by atoms with van der Waals surface area (Å²) < 4.78 is 3.73. The number of ketones is 2. The lowest BCUT2D eigenvalue weighted by Crippen LogP contribution is -2.04. The molecule has 4 N–H and O–H groups in total. The highest BCUT2D eigenvalue weighted by Crippen LogP contribution is 2.06. The van der Waals surface area contributed by atoms with E-state index in [9.17, 15) is 9.59 Å². The standard InChI is InChI=1S/2C9H14N2O.H4N2/c2*1-4-5-9-10-6-8(7(2)12)11(9)3;1-2/h2*6H,4-5H2,1-3H3;1-2H2. The molecule has 0 bridgehead atoms. The van der Waals surface area contributed by atoms with Crippen molar-refractivity contribution in [1.29, 1.82) is 0 Å². The molecule has 0 saturated carbocycles. The van der Waals surface area contributed by atoms with E-state index >= 15 is 0 Å². The van der Waals surface area contributed by atoms with Crippen LogP contribution in [0.15, 0.2) is 12.4 Å². The molecule has 2 heterocycles. The van der Waals surface area contributed by atoms with Crippen molar-refractivity contribution in [2.24, 2.45) is 25.8 Å². The van der Waals surface area contributed by atoms with Gasteiger partial charge in [-0.25, -0.2) is 9.97 Å². The topological polar surface area (TPSA) is 122 Å². The van der Waals surface area contributed by atoms with Crippen LogP contribution in [0.3, 0.4) is 0 Å². The van der Waals surface area contributed by atoms with Crippen molar-refractivity contribution in [2.45, 2.75) is 53.4 Å². The van der Waals surface area contributed by atoms with Crippen LogP contribution in [-0.4, -0.2) is 30.7 Å². The second kappa shape index (κ2) is 12.1. The van der Waals surface area contributed by atoms with Crippen LogP contribution in [0.2, 0.25) is 0 Å². The lowest BCUT2D eigenvalue weighted by atomic mass is 10.3. The largest absolute Gasteiger partial charge is 0.329 e. The summed E-state index contributed by atoms with van der Waals surface area (Å²) in [6.07, 6.45) is 7.28. The first-order valence-corrected chi connectivity index (χ1v) is 8.69. The number of rotatable bonds is 6.